The van der Waals surface area contributed by atoms with Crippen molar-refractivity contribution in [2.45, 2.75) is 6.54 Å². The van der Waals surface area contributed by atoms with E-state index >= 15 is 0 Å². The Morgan fingerprint density at radius 1 is 0.947 bits per heavy atom. The lowest BCUT2D eigenvalue weighted by atomic mass is 9.60. The van der Waals surface area contributed by atoms with Crippen LogP contribution in [-0.2, 0) is 16.4 Å². The Hall–Kier alpha value is -0.870. The van der Waals surface area contributed by atoms with E-state index < -0.39 is 9.84 Å². The number of nitrogens with zero attached hydrogens (tertiary/aromatic N) is 1. The van der Waals surface area contributed by atoms with Crippen LogP contribution in [0.25, 0.3) is 0 Å². The Morgan fingerprint density at radius 2 is 1.53 bits per heavy atom. The fourth-order valence-electron chi connectivity index (χ4n) is 4.46. The van der Waals surface area contributed by atoms with Gasteiger partial charge in [0.25, 0.3) is 0 Å². The molecule has 2 heterocycles. The van der Waals surface area contributed by atoms with Crippen molar-refractivity contribution in [2.75, 3.05) is 24.6 Å². The SMILES string of the molecule is O=S1(=O)CC2C3CN(Cc4ccccc4)CC3C2C1. The molecule has 1 aromatic rings. The molecule has 3 fully saturated rings. The van der Waals surface area contributed by atoms with Crippen LogP contribution in [0.1, 0.15) is 5.56 Å². The number of fused-ring (bicyclic) bond motifs is 4. The zero-order valence-corrected chi connectivity index (χ0v) is 11.7. The molecule has 4 unspecified atom stereocenters. The van der Waals surface area contributed by atoms with Crippen LogP contribution < -0.4 is 0 Å². The highest BCUT2D eigenvalue weighted by atomic mass is 32.2. The van der Waals surface area contributed by atoms with Crippen LogP contribution in [0.15, 0.2) is 30.3 Å². The van der Waals surface area contributed by atoms with E-state index in [1.165, 1.54) is 5.56 Å². The summed E-state index contributed by atoms with van der Waals surface area (Å²) in [4.78, 5) is 2.51. The van der Waals surface area contributed by atoms with Gasteiger partial charge in [-0.2, -0.15) is 0 Å². The number of rotatable bonds is 2. The van der Waals surface area contributed by atoms with Gasteiger partial charge in [-0.3, -0.25) is 4.90 Å². The average Bonchev–Trinajstić information content (AvgIpc) is 2.87. The molecule has 0 spiro atoms. The van der Waals surface area contributed by atoms with E-state index in [0.717, 1.165) is 19.6 Å². The van der Waals surface area contributed by atoms with Crippen molar-refractivity contribution >= 4 is 9.84 Å². The second-order valence-electron chi connectivity index (χ2n) is 6.41. The van der Waals surface area contributed by atoms with Gasteiger partial charge in [0.15, 0.2) is 9.84 Å². The molecule has 0 amide bonds. The summed E-state index contributed by atoms with van der Waals surface area (Å²) in [5, 5.41) is 0. The summed E-state index contributed by atoms with van der Waals surface area (Å²) in [5.41, 5.74) is 1.36. The quantitative estimate of drug-likeness (QED) is 0.820. The van der Waals surface area contributed by atoms with Crippen molar-refractivity contribution in [3.05, 3.63) is 35.9 Å². The second-order valence-corrected chi connectivity index (χ2v) is 8.57. The van der Waals surface area contributed by atoms with Gasteiger partial charge in [0.2, 0.25) is 0 Å². The first-order chi connectivity index (χ1) is 9.12. The molecule has 19 heavy (non-hydrogen) atoms. The van der Waals surface area contributed by atoms with Crippen molar-refractivity contribution < 1.29 is 8.42 Å². The molecule has 0 radical (unpaired) electrons. The Morgan fingerprint density at radius 3 is 2.11 bits per heavy atom. The number of likely N-dealkylation sites (tertiary alicyclic amines) is 1. The number of benzene rings is 1. The molecule has 102 valence electrons. The Kier molecular flexibility index (Phi) is 2.55. The number of sulfone groups is 1. The zero-order chi connectivity index (χ0) is 13.0. The Labute approximate surface area is 114 Å². The largest absolute Gasteiger partial charge is 0.298 e. The summed E-state index contributed by atoms with van der Waals surface area (Å²) in [6, 6.07) is 10.6. The van der Waals surface area contributed by atoms with Gasteiger partial charge in [-0.15, -0.1) is 0 Å². The molecule has 4 heteroatoms. The van der Waals surface area contributed by atoms with E-state index in [4.69, 9.17) is 0 Å². The Balaban J connectivity index is 1.44. The molecule has 2 aliphatic heterocycles. The minimum absolute atomic E-state index is 0.456. The van der Waals surface area contributed by atoms with Crippen LogP contribution >= 0.6 is 0 Å². The fourth-order valence-corrected chi connectivity index (χ4v) is 6.75. The molecule has 1 aliphatic carbocycles. The minimum Gasteiger partial charge on any atom is -0.298 e. The maximum atomic E-state index is 11.7. The lowest BCUT2D eigenvalue weighted by molar-refractivity contribution is 0.0629. The number of hydrogen-bond donors (Lipinski definition) is 0. The average molecular weight is 277 g/mol. The van der Waals surface area contributed by atoms with E-state index in [1.807, 2.05) is 6.07 Å². The monoisotopic (exact) mass is 277 g/mol. The van der Waals surface area contributed by atoms with E-state index in [1.54, 1.807) is 0 Å². The summed E-state index contributed by atoms with van der Waals surface area (Å²) in [5.74, 6) is 3.14. The van der Waals surface area contributed by atoms with Crippen molar-refractivity contribution in [3.63, 3.8) is 0 Å². The van der Waals surface area contributed by atoms with Gasteiger partial charge >= 0.3 is 0 Å². The summed E-state index contributed by atoms with van der Waals surface area (Å²) in [6.45, 7) is 3.20. The molecule has 0 bridgehead atoms. The van der Waals surface area contributed by atoms with Crippen LogP contribution in [0.2, 0.25) is 0 Å². The van der Waals surface area contributed by atoms with Gasteiger partial charge in [0, 0.05) is 19.6 Å². The predicted molar refractivity (Wildman–Crippen MR) is 74.3 cm³/mol. The molecule has 0 N–H and O–H groups in total. The fraction of sp³-hybridized carbons (Fsp3) is 0.600. The second kappa shape index (κ2) is 4.06. The molecule has 2 saturated heterocycles. The van der Waals surface area contributed by atoms with Crippen LogP contribution in [-0.4, -0.2) is 37.9 Å². The smallest absolute Gasteiger partial charge is 0.150 e. The molecule has 3 nitrogen and oxygen atoms in total. The molecule has 0 aromatic heterocycles. The highest BCUT2D eigenvalue weighted by Crippen LogP contribution is 2.54. The maximum Gasteiger partial charge on any atom is 0.150 e. The van der Waals surface area contributed by atoms with Crippen molar-refractivity contribution in [2.24, 2.45) is 23.7 Å². The van der Waals surface area contributed by atoms with Gasteiger partial charge in [-0.25, -0.2) is 8.42 Å². The van der Waals surface area contributed by atoms with Crippen LogP contribution in [0.4, 0.5) is 0 Å². The zero-order valence-electron chi connectivity index (χ0n) is 10.9. The third-order valence-corrected chi connectivity index (χ3v) is 7.07. The molecule has 1 aromatic carbocycles. The predicted octanol–water partition coefficient (Wildman–Crippen LogP) is 1.41. The van der Waals surface area contributed by atoms with Gasteiger partial charge in [0.1, 0.15) is 0 Å². The first-order valence-corrected chi connectivity index (χ1v) is 8.91. The highest BCUT2D eigenvalue weighted by Gasteiger charge is 2.59. The van der Waals surface area contributed by atoms with E-state index in [0.29, 0.717) is 35.2 Å². The van der Waals surface area contributed by atoms with Crippen molar-refractivity contribution in [1.29, 1.82) is 0 Å². The normalized spacial score (nSPS) is 39.6. The minimum atomic E-state index is -2.72. The number of hydrogen-bond acceptors (Lipinski definition) is 3. The summed E-state index contributed by atoms with van der Waals surface area (Å²) < 4.78 is 23.4. The van der Waals surface area contributed by atoms with Crippen LogP contribution in [0.3, 0.4) is 0 Å². The molecule has 4 atom stereocenters. The highest BCUT2D eigenvalue weighted by molar-refractivity contribution is 7.91. The first-order valence-electron chi connectivity index (χ1n) is 7.09. The summed E-state index contributed by atoms with van der Waals surface area (Å²) in [7, 11) is -2.72. The van der Waals surface area contributed by atoms with E-state index in [2.05, 4.69) is 29.2 Å². The van der Waals surface area contributed by atoms with E-state index in [9.17, 15) is 8.42 Å². The van der Waals surface area contributed by atoms with Crippen LogP contribution in [0.5, 0.6) is 0 Å². The maximum absolute atomic E-state index is 11.7. The van der Waals surface area contributed by atoms with Crippen LogP contribution in [0, 0.1) is 23.7 Å². The lowest BCUT2D eigenvalue weighted by Crippen LogP contribution is -2.44. The molecule has 4 rings (SSSR count). The van der Waals surface area contributed by atoms with Gasteiger partial charge in [-0.1, -0.05) is 30.3 Å². The van der Waals surface area contributed by atoms with Crippen molar-refractivity contribution in [3.8, 4) is 0 Å². The third-order valence-electron chi connectivity index (χ3n) is 5.28. The summed E-state index contributed by atoms with van der Waals surface area (Å²) >= 11 is 0. The third kappa shape index (κ3) is 1.93. The molecule has 1 saturated carbocycles. The topological polar surface area (TPSA) is 37.4 Å². The molecular weight excluding hydrogens is 258 g/mol. The molecular formula is C15H19NO2S. The Bertz CT molecular complexity index is 557. The first kappa shape index (κ1) is 11.9. The van der Waals surface area contributed by atoms with Gasteiger partial charge < -0.3 is 0 Å². The van der Waals surface area contributed by atoms with Gasteiger partial charge in [0.05, 0.1) is 11.5 Å². The van der Waals surface area contributed by atoms with Crippen molar-refractivity contribution in [1.82, 2.24) is 4.90 Å². The van der Waals surface area contributed by atoms with Gasteiger partial charge in [-0.05, 0) is 29.2 Å². The summed E-state index contributed by atoms with van der Waals surface area (Å²) in [6.07, 6.45) is 0. The molecule has 3 aliphatic rings. The van der Waals surface area contributed by atoms with E-state index in [-0.39, 0.29) is 0 Å². The standard InChI is InChI=1S/C15H19NO2S/c17-19(18)9-14-12-7-16(8-13(12)15(14)10-19)6-11-4-2-1-3-5-11/h1-5,12-15H,6-10H2. The lowest BCUT2D eigenvalue weighted by Gasteiger charge is -2.43.